The molecule has 1 saturated heterocycles. The van der Waals surface area contributed by atoms with Gasteiger partial charge in [0.15, 0.2) is 0 Å². The van der Waals surface area contributed by atoms with Crippen molar-refractivity contribution in [2.75, 3.05) is 26.2 Å². The van der Waals surface area contributed by atoms with Crippen LogP contribution in [0.1, 0.15) is 42.9 Å². The van der Waals surface area contributed by atoms with Crippen molar-refractivity contribution >= 4 is 36.4 Å². The summed E-state index contributed by atoms with van der Waals surface area (Å²) in [6.45, 7) is 3.72. The number of halogens is 6. The first-order valence-corrected chi connectivity index (χ1v) is 8.66. The molecule has 1 saturated carbocycles. The maximum Gasteiger partial charge on any atom is 0.417 e. The monoisotopic (exact) mass is 418 g/mol. The van der Waals surface area contributed by atoms with Crippen molar-refractivity contribution in [3.8, 4) is 0 Å². The fourth-order valence-corrected chi connectivity index (χ4v) is 4.26. The number of piperazine rings is 1. The van der Waals surface area contributed by atoms with Gasteiger partial charge in [-0.2, -0.15) is 13.2 Å². The highest BCUT2D eigenvalue weighted by molar-refractivity contribution is 6.31. The third-order valence-corrected chi connectivity index (χ3v) is 5.34. The number of hydrogen-bond acceptors (Lipinski definition) is 2. The molecule has 1 aromatic rings. The molecule has 25 heavy (non-hydrogen) atoms. The zero-order valence-corrected chi connectivity index (χ0v) is 16.2. The van der Waals surface area contributed by atoms with Crippen LogP contribution in [0.2, 0.25) is 5.02 Å². The average molecular weight is 420 g/mol. The summed E-state index contributed by atoms with van der Waals surface area (Å²) in [6.07, 6.45) is 0.317. The molecule has 2 aliphatic rings. The summed E-state index contributed by atoms with van der Waals surface area (Å²) in [4.78, 5) is 2.41. The third-order valence-electron chi connectivity index (χ3n) is 5.03. The fourth-order valence-electron chi connectivity index (χ4n) is 3.96. The zero-order chi connectivity index (χ0) is 16.4. The van der Waals surface area contributed by atoms with Crippen molar-refractivity contribution in [2.45, 2.75) is 37.9 Å². The van der Waals surface area contributed by atoms with Gasteiger partial charge in [0.25, 0.3) is 0 Å². The molecule has 1 aromatic carbocycles. The van der Waals surface area contributed by atoms with E-state index in [0.717, 1.165) is 50.7 Å². The molecular weight excluding hydrogens is 396 g/mol. The van der Waals surface area contributed by atoms with Crippen molar-refractivity contribution in [1.82, 2.24) is 10.2 Å². The van der Waals surface area contributed by atoms with Crippen LogP contribution in [0.15, 0.2) is 18.2 Å². The lowest BCUT2D eigenvalue weighted by atomic mass is 9.89. The van der Waals surface area contributed by atoms with E-state index in [4.69, 9.17) is 11.6 Å². The van der Waals surface area contributed by atoms with E-state index in [9.17, 15) is 13.2 Å². The fraction of sp³-hybridized carbons (Fsp3) is 0.647. The van der Waals surface area contributed by atoms with Gasteiger partial charge in [0, 0.05) is 32.2 Å². The van der Waals surface area contributed by atoms with Gasteiger partial charge in [0.05, 0.1) is 10.6 Å². The Balaban J connectivity index is 0.00000156. The SMILES string of the molecule is Cl.Cl.FC(F)(F)c1ccc([C@@H](C2CCCC2)N2CCNCC2)cc1Cl. The van der Waals surface area contributed by atoms with Crippen LogP contribution in [0.5, 0.6) is 0 Å². The van der Waals surface area contributed by atoms with E-state index in [1.54, 1.807) is 6.07 Å². The summed E-state index contributed by atoms with van der Waals surface area (Å²) in [6, 6.07) is 4.48. The predicted octanol–water partition coefficient (Wildman–Crippen LogP) is 5.34. The highest BCUT2D eigenvalue weighted by Gasteiger charge is 2.36. The van der Waals surface area contributed by atoms with E-state index in [0.29, 0.717) is 5.92 Å². The van der Waals surface area contributed by atoms with Gasteiger partial charge >= 0.3 is 6.18 Å². The summed E-state index contributed by atoms with van der Waals surface area (Å²) < 4.78 is 38.8. The van der Waals surface area contributed by atoms with E-state index >= 15 is 0 Å². The van der Waals surface area contributed by atoms with E-state index in [2.05, 4.69) is 10.2 Å². The number of benzene rings is 1. The minimum Gasteiger partial charge on any atom is -0.314 e. The Morgan fingerprint density at radius 1 is 1.08 bits per heavy atom. The largest absolute Gasteiger partial charge is 0.417 e. The maximum absolute atomic E-state index is 12.9. The molecule has 1 heterocycles. The van der Waals surface area contributed by atoms with Crippen molar-refractivity contribution in [1.29, 1.82) is 0 Å². The van der Waals surface area contributed by atoms with Crippen LogP contribution < -0.4 is 5.32 Å². The second-order valence-electron chi connectivity index (χ2n) is 6.51. The Labute approximate surface area is 164 Å². The summed E-state index contributed by atoms with van der Waals surface area (Å²) in [5.41, 5.74) is 0.185. The molecule has 1 N–H and O–H groups in total. The molecule has 0 amide bonds. The summed E-state index contributed by atoms with van der Waals surface area (Å²) in [5.74, 6) is 0.515. The van der Waals surface area contributed by atoms with Gasteiger partial charge in [0.2, 0.25) is 0 Å². The first-order chi connectivity index (χ1) is 11.0. The number of alkyl halides is 3. The predicted molar refractivity (Wildman–Crippen MR) is 100 cm³/mol. The molecule has 8 heteroatoms. The Kier molecular flexibility index (Phi) is 8.82. The second-order valence-corrected chi connectivity index (χ2v) is 6.92. The second kappa shape index (κ2) is 9.65. The summed E-state index contributed by atoms with van der Waals surface area (Å²) in [7, 11) is 0. The standard InChI is InChI=1S/C17H22ClF3N2.2ClH/c18-15-11-13(5-6-14(15)17(19,20)21)16(12-3-1-2-4-12)23-9-7-22-8-10-23;;/h5-6,11-12,16,22H,1-4,7-10H2;2*1H/t16-;;/m1../s1. The van der Waals surface area contributed by atoms with Crippen LogP contribution in [0.3, 0.4) is 0 Å². The normalized spacial score (nSPS) is 20.6. The Morgan fingerprint density at radius 2 is 1.68 bits per heavy atom. The average Bonchev–Trinajstić information content (AvgIpc) is 3.01. The van der Waals surface area contributed by atoms with Crippen LogP contribution in [0.25, 0.3) is 0 Å². The highest BCUT2D eigenvalue weighted by Crippen LogP contribution is 2.42. The molecule has 1 aliphatic heterocycles. The zero-order valence-electron chi connectivity index (χ0n) is 13.8. The summed E-state index contributed by atoms with van der Waals surface area (Å²) in [5, 5.41) is 3.15. The first-order valence-electron chi connectivity index (χ1n) is 8.28. The Morgan fingerprint density at radius 3 is 2.20 bits per heavy atom. The Hall–Kier alpha value is -0.200. The van der Waals surface area contributed by atoms with Crippen LogP contribution in [-0.4, -0.2) is 31.1 Å². The molecule has 144 valence electrons. The first kappa shape index (κ1) is 22.8. The molecular formula is C17H24Cl3F3N2. The van der Waals surface area contributed by atoms with Crippen molar-refractivity contribution < 1.29 is 13.2 Å². The highest BCUT2D eigenvalue weighted by atomic mass is 35.5. The minimum absolute atomic E-state index is 0. The smallest absolute Gasteiger partial charge is 0.314 e. The third kappa shape index (κ3) is 5.39. The van der Waals surface area contributed by atoms with E-state index in [1.165, 1.54) is 18.9 Å². The van der Waals surface area contributed by atoms with Crippen molar-refractivity contribution in [2.24, 2.45) is 5.92 Å². The van der Waals surface area contributed by atoms with Crippen molar-refractivity contribution in [3.05, 3.63) is 34.3 Å². The molecule has 0 aromatic heterocycles. The number of rotatable bonds is 3. The van der Waals surface area contributed by atoms with Gasteiger partial charge in [-0.25, -0.2) is 0 Å². The van der Waals surface area contributed by atoms with Gasteiger partial charge in [-0.3, -0.25) is 4.90 Å². The van der Waals surface area contributed by atoms with Crippen LogP contribution in [0.4, 0.5) is 13.2 Å². The number of nitrogens with zero attached hydrogens (tertiary/aromatic N) is 1. The maximum atomic E-state index is 12.9. The molecule has 0 bridgehead atoms. The number of nitrogens with one attached hydrogen (secondary N) is 1. The van der Waals surface area contributed by atoms with Gasteiger partial charge in [-0.15, -0.1) is 24.8 Å². The topological polar surface area (TPSA) is 15.3 Å². The lowest BCUT2D eigenvalue weighted by Crippen LogP contribution is -2.46. The lowest BCUT2D eigenvalue weighted by Gasteiger charge is -2.39. The molecule has 0 radical (unpaired) electrons. The molecule has 2 nitrogen and oxygen atoms in total. The van der Waals surface area contributed by atoms with Crippen LogP contribution in [0, 0.1) is 5.92 Å². The molecule has 1 aliphatic carbocycles. The van der Waals surface area contributed by atoms with Crippen LogP contribution in [-0.2, 0) is 6.18 Å². The van der Waals surface area contributed by atoms with E-state index in [-0.39, 0.29) is 35.9 Å². The quantitative estimate of drug-likeness (QED) is 0.711. The molecule has 2 fully saturated rings. The van der Waals surface area contributed by atoms with Gasteiger partial charge in [-0.05, 0) is 36.5 Å². The van der Waals surface area contributed by atoms with Crippen LogP contribution >= 0.6 is 36.4 Å². The van der Waals surface area contributed by atoms with Gasteiger partial charge in [0.1, 0.15) is 0 Å². The molecule has 0 spiro atoms. The van der Waals surface area contributed by atoms with E-state index < -0.39 is 11.7 Å². The van der Waals surface area contributed by atoms with Crippen molar-refractivity contribution in [3.63, 3.8) is 0 Å². The molecule has 0 unspecified atom stereocenters. The van der Waals surface area contributed by atoms with E-state index in [1.807, 2.05) is 0 Å². The summed E-state index contributed by atoms with van der Waals surface area (Å²) >= 11 is 5.95. The van der Waals surface area contributed by atoms with Gasteiger partial charge < -0.3 is 5.32 Å². The minimum atomic E-state index is -4.40. The Bertz CT molecular complexity index is 542. The molecule has 1 atom stereocenters. The van der Waals surface area contributed by atoms with Gasteiger partial charge in [-0.1, -0.05) is 30.5 Å². The number of hydrogen-bond donors (Lipinski definition) is 1. The molecule has 3 rings (SSSR count). The lowest BCUT2D eigenvalue weighted by molar-refractivity contribution is -0.137.